The van der Waals surface area contributed by atoms with E-state index in [9.17, 15) is 4.79 Å². The van der Waals surface area contributed by atoms with Crippen molar-refractivity contribution < 1.29 is 14.6 Å². The van der Waals surface area contributed by atoms with E-state index < -0.39 is 5.97 Å². The number of nitrogens with one attached hydrogen (secondary N) is 1. The predicted octanol–water partition coefficient (Wildman–Crippen LogP) is 0.642. The fraction of sp³-hybridized carbons (Fsp3) is 0.667. The monoisotopic (exact) mass is 187 g/mol. The maximum Gasteiger partial charge on any atom is 0.328 e. The van der Waals surface area contributed by atoms with Gasteiger partial charge in [-0.3, -0.25) is 0 Å². The molecule has 0 heterocycles. The van der Waals surface area contributed by atoms with E-state index in [1.165, 1.54) is 0 Å². The van der Waals surface area contributed by atoms with Gasteiger partial charge in [0.05, 0.1) is 6.61 Å². The third kappa shape index (κ3) is 9.04. The summed E-state index contributed by atoms with van der Waals surface area (Å²) in [5, 5.41) is 11.4. The van der Waals surface area contributed by atoms with Crippen LogP contribution in [0.25, 0.3) is 0 Å². The molecule has 0 fully saturated rings. The molecule has 0 rings (SSSR count). The van der Waals surface area contributed by atoms with Crippen LogP contribution in [-0.4, -0.2) is 36.9 Å². The summed E-state index contributed by atoms with van der Waals surface area (Å²) in [5.74, 6) is -0.917. The van der Waals surface area contributed by atoms with Crippen molar-refractivity contribution in [1.82, 2.24) is 5.32 Å². The molecule has 0 spiro atoms. The summed E-state index contributed by atoms with van der Waals surface area (Å²) in [4.78, 5) is 10.1. The number of rotatable bonds is 7. The Hall–Kier alpha value is -0.870. The summed E-state index contributed by atoms with van der Waals surface area (Å²) in [5.41, 5.74) is 0. The van der Waals surface area contributed by atoms with E-state index >= 15 is 0 Å². The van der Waals surface area contributed by atoms with E-state index in [1.807, 2.05) is 13.8 Å². The van der Waals surface area contributed by atoms with Crippen LogP contribution in [0.5, 0.6) is 0 Å². The van der Waals surface area contributed by atoms with Gasteiger partial charge in [-0.05, 0) is 13.8 Å². The molecule has 2 N–H and O–H groups in total. The molecule has 0 saturated heterocycles. The number of carboxylic acids is 1. The average Bonchev–Trinajstić information content (AvgIpc) is 2.08. The van der Waals surface area contributed by atoms with Gasteiger partial charge in [-0.25, -0.2) is 4.79 Å². The highest BCUT2D eigenvalue weighted by atomic mass is 16.5. The van der Waals surface area contributed by atoms with Crippen LogP contribution in [0.15, 0.2) is 12.2 Å². The highest BCUT2D eigenvalue weighted by Crippen LogP contribution is 1.83. The number of carbonyl (C=O) groups is 1. The summed E-state index contributed by atoms with van der Waals surface area (Å²) in [6.45, 7) is 5.84. The second-order valence-electron chi connectivity index (χ2n) is 2.71. The molecule has 1 atom stereocenters. The molecule has 1 unspecified atom stereocenters. The third-order valence-electron chi connectivity index (χ3n) is 1.42. The van der Waals surface area contributed by atoms with Gasteiger partial charge < -0.3 is 15.2 Å². The molecule has 0 aromatic carbocycles. The Bertz CT molecular complexity index is 168. The van der Waals surface area contributed by atoms with Gasteiger partial charge in [-0.15, -0.1) is 0 Å². The van der Waals surface area contributed by atoms with Gasteiger partial charge in [0.2, 0.25) is 0 Å². The zero-order valence-corrected chi connectivity index (χ0v) is 8.12. The van der Waals surface area contributed by atoms with Crippen molar-refractivity contribution in [3.63, 3.8) is 0 Å². The maximum atomic E-state index is 10.1. The predicted molar refractivity (Wildman–Crippen MR) is 50.7 cm³/mol. The molecule has 0 aliphatic carbocycles. The molecular weight excluding hydrogens is 170 g/mol. The summed E-state index contributed by atoms with van der Waals surface area (Å²) in [6.07, 6.45) is 2.70. The van der Waals surface area contributed by atoms with Gasteiger partial charge in [0.1, 0.15) is 0 Å². The fourth-order valence-electron chi connectivity index (χ4n) is 0.783. The Balaban J connectivity index is 3.36. The molecular formula is C9H17NO3. The number of hydrogen-bond acceptors (Lipinski definition) is 3. The molecule has 4 nitrogen and oxygen atoms in total. The van der Waals surface area contributed by atoms with Crippen molar-refractivity contribution in [2.45, 2.75) is 19.9 Å². The fourth-order valence-corrected chi connectivity index (χ4v) is 0.783. The zero-order chi connectivity index (χ0) is 10.1. The van der Waals surface area contributed by atoms with Gasteiger partial charge in [0.15, 0.2) is 0 Å². The molecule has 4 heteroatoms. The Morgan fingerprint density at radius 1 is 1.69 bits per heavy atom. The lowest BCUT2D eigenvalue weighted by Crippen LogP contribution is -2.30. The molecule has 0 saturated carbocycles. The van der Waals surface area contributed by atoms with Crippen LogP contribution in [0, 0.1) is 0 Å². The van der Waals surface area contributed by atoms with E-state index in [2.05, 4.69) is 5.32 Å². The molecule has 0 amide bonds. The van der Waals surface area contributed by atoms with Gasteiger partial charge >= 0.3 is 5.97 Å². The minimum atomic E-state index is -0.917. The van der Waals surface area contributed by atoms with Crippen LogP contribution in [-0.2, 0) is 9.53 Å². The molecule has 76 valence electrons. The van der Waals surface area contributed by atoms with E-state index in [1.54, 1.807) is 6.08 Å². The number of carboxylic acid groups (broad SMARTS) is 1. The third-order valence-corrected chi connectivity index (χ3v) is 1.42. The Morgan fingerprint density at radius 3 is 2.92 bits per heavy atom. The summed E-state index contributed by atoms with van der Waals surface area (Å²) < 4.78 is 5.17. The average molecular weight is 187 g/mol. The van der Waals surface area contributed by atoms with E-state index in [0.29, 0.717) is 19.8 Å². The summed E-state index contributed by atoms with van der Waals surface area (Å²) in [7, 11) is 0. The van der Waals surface area contributed by atoms with Gasteiger partial charge in [0.25, 0.3) is 0 Å². The smallest absolute Gasteiger partial charge is 0.328 e. The Kier molecular flexibility index (Phi) is 7.24. The van der Waals surface area contributed by atoms with E-state index in [4.69, 9.17) is 9.84 Å². The molecule has 0 bridgehead atoms. The molecule has 0 aromatic rings. The molecule has 0 aromatic heterocycles. The minimum absolute atomic E-state index is 0.249. The highest BCUT2D eigenvalue weighted by Gasteiger charge is 1.97. The lowest BCUT2D eigenvalue weighted by atomic mass is 10.3. The first-order valence-electron chi connectivity index (χ1n) is 4.37. The minimum Gasteiger partial charge on any atom is -0.478 e. The first-order chi connectivity index (χ1) is 6.16. The lowest BCUT2D eigenvalue weighted by Gasteiger charge is -2.11. The molecule has 0 aliphatic heterocycles. The van der Waals surface area contributed by atoms with Gasteiger partial charge in [-0.2, -0.15) is 0 Å². The SMILES string of the molecule is CCOCC(C)NC/C=C/C(=O)O. The quantitative estimate of drug-likeness (QED) is 0.574. The second-order valence-corrected chi connectivity index (χ2v) is 2.71. The van der Waals surface area contributed by atoms with Crippen LogP contribution in [0.3, 0.4) is 0 Å². The first-order valence-corrected chi connectivity index (χ1v) is 4.37. The number of ether oxygens (including phenoxy) is 1. The van der Waals surface area contributed by atoms with Crippen LogP contribution < -0.4 is 5.32 Å². The molecule has 0 radical (unpaired) electrons. The summed E-state index contributed by atoms with van der Waals surface area (Å²) in [6, 6.07) is 0.249. The first kappa shape index (κ1) is 12.1. The van der Waals surface area contributed by atoms with Gasteiger partial charge in [-0.1, -0.05) is 6.08 Å². The topological polar surface area (TPSA) is 58.6 Å². The molecule has 0 aliphatic rings. The van der Waals surface area contributed by atoms with Crippen molar-refractivity contribution in [1.29, 1.82) is 0 Å². The van der Waals surface area contributed by atoms with Crippen LogP contribution >= 0.6 is 0 Å². The van der Waals surface area contributed by atoms with Crippen LogP contribution in [0.2, 0.25) is 0 Å². The standard InChI is InChI=1S/C9H17NO3/c1-3-13-7-8(2)10-6-4-5-9(11)12/h4-5,8,10H,3,6-7H2,1-2H3,(H,11,12)/b5-4+. The second kappa shape index (κ2) is 7.76. The van der Waals surface area contributed by atoms with Crippen molar-refractivity contribution >= 4 is 5.97 Å². The van der Waals surface area contributed by atoms with E-state index in [-0.39, 0.29) is 6.04 Å². The Morgan fingerprint density at radius 2 is 2.38 bits per heavy atom. The largest absolute Gasteiger partial charge is 0.478 e. The van der Waals surface area contributed by atoms with Gasteiger partial charge in [0, 0.05) is 25.3 Å². The maximum absolute atomic E-state index is 10.1. The lowest BCUT2D eigenvalue weighted by molar-refractivity contribution is -0.131. The van der Waals surface area contributed by atoms with Crippen LogP contribution in [0.1, 0.15) is 13.8 Å². The summed E-state index contributed by atoms with van der Waals surface area (Å²) >= 11 is 0. The Labute approximate surface area is 78.6 Å². The van der Waals surface area contributed by atoms with Crippen molar-refractivity contribution in [2.24, 2.45) is 0 Å². The van der Waals surface area contributed by atoms with Crippen molar-refractivity contribution in [2.75, 3.05) is 19.8 Å². The zero-order valence-electron chi connectivity index (χ0n) is 8.12. The number of aliphatic carboxylic acids is 1. The molecule has 13 heavy (non-hydrogen) atoms. The number of hydrogen-bond donors (Lipinski definition) is 2. The van der Waals surface area contributed by atoms with Crippen LogP contribution in [0.4, 0.5) is 0 Å². The normalized spacial score (nSPS) is 13.4. The van der Waals surface area contributed by atoms with E-state index in [0.717, 1.165) is 6.08 Å². The van der Waals surface area contributed by atoms with Crippen molar-refractivity contribution in [3.05, 3.63) is 12.2 Å². The highest BCUT2D eigenvalue weighted by molar-refractivity contribution is 5.79. The van der Waals surface area contributed by atoms with Crippen molar-refractivity contribution in [3.8, 4) is 0 Å².